The van der Waals surface area contributed by atoms with Crippen molar-refractivity contribution in [2.24, 2.45) is 11.1 Å². The van der Waals surface area contributed by atoms with E-state index in [1.165, 1.54) is 19.3 Å². The van der Waals surface area contributed by atoms with Crippen LogP contribution < -0.4 is 11.1 Å². The Balaban J connectivity index is 2.22. The third-order valence-electron chi connectivity index (χ3n) is 4.75. The molecule has 1 aliphatic carbocycles. The van der Waals surface area contributed by atoms with Gasteiger partial charge in [-0.3, -0.25) is 4.79 Å². The lowest BCUT2D eigenvalue weighted by molar-refractivity contribution is -0.123. The molecule has 0 aromatic rings. The number of rotatable bonds is 9. The Bertz CT molecular complexity index is 271. The molecule has 0 aliphatic heterocycles. The Labute approximate surface area is 124 Å². The van der Waals surface area contributed by atoms with Crippen molar-refractivity contribution >= 4 is 5.91 Å². The summed E-state index contributed by atoms with van der Waals surface area (Å²) in [4.78, 5) is 14.5. The second kappa shape index (κ2) is 9.35. The number of hydrogen-bond donors (Lipinski definition) is 2. The van der Waals surface area contributed by atoms with E-state index in [1.54, 1.807) is 0 Å². The minimum atomic E-state index is 0.0845. The summed E-state index contributed by atoms with van der Waals surface area (Å²) in [6, 6.07) is 0. The molecule has 0 aromatic carbocycles. The van der Waals surface area contributed by atoms with Gasteiger partial charge in [0.05, 0.1) is 0 Å². The van der Waals surface area contributed by atoms with Gasteiger partial charge in [-0.25, -0.2) is 0 Å². The molecule has 1 aliphatic rings. The lowest BCUT2D eigenvalue weighted by Gasteiger charge is -2.35. The number of nitrogens with zero attached hydrogens (tertiary/aromatic N) is 1. The van der Waals surface area contributed by atoms with E-state index in [2.05, 4.69) is 24.1 Å². The number of hydrogen-bond acceptors (Lipinski definition) is 3. The molecule has 0 saturated heterocycles. The van der Waals surface area contributed by atoms with Crippen LogP contribution in [0.1, 0.15) is 58.8 Å². The molecule has 0 radical (unpaired) electrons. The number of amides is 1. The zero-order chi connectivity index (χ0) is 14.8. The van der Waals surface area contributed by atoms with Crippen LogP contribution in [0.15, 0.2) is 0 Å². The zero-order valence-corrected chi connectivity index (χ0v) is 13.4. The van der Waals surface area contributed by atoms with Crippen molar-refractivity contribution in [3.63, 3.8) is 0 Å². The molecule has 0 unspecified atom stereocenters. The average Bonchev–Trinajstić information content (AvgIpc) is 2.48. The van der Waals surface area contributed by atoms with Crippen molar-refractivity contribution in [3.05, 3.63) is 0 Å². The molecule has 0 aromatic heterocycles. The lowest BCUT2D eigenvalue weighted by Crippen LogP contribution is -2.39. The van der Waals surface area contributed by atoms with Gasteiger partial charge in [-0.15, -0.1) is 0 Å². The highest BCUT2D eigenvalue weighted by Gasteiger charge is 2.32. The summed E-state index contributed by atoms with van der Waals surface area (Å²) in [5, 5.41) is 3.07. The molecular weight excluding hydrogens is 250 g/mol. The van der Waals surface area contributed by atoms with E-state index in [0.29, 0.717) is 13.0 Å². The fourth-order valence-electron chi connectivity index (χ4n) is 3.23. The van der Waals surface area contributed by atoms with Gasteiger partial charge >= 0.3 is 0 Å². The third kappa shape index (κ3) is 5.80. The van der Waals surface area contributed by atoms with E-state index in [4.69, 9.17) is 5.73 Å². The quantitative estimate of drug-likeness (QED) is 0.637. The predicted molar refractivity (Wildman–Crippen MR) is 84.6 cm³/mol. The normalized spacial score (nSPS) is 18.2. The smallest absolute Gasteiger partial charge is 0.220 e. The second-order valence-corrected chi connectivity index (χ2v) is 6.17. The number of carbonyl (C=O) groups excluding carboxylic acids is 1. The molecule has 1 fully saturated rings. The van der Waals surface area contributed by atoms with Crippen LogP contribution >= 0.6 is 0 Å². The first-order chi connectivity index (χ1) is 9.65. The summed E-state index contributed by atoms with van der Waals surface area (Å²) in [5.41, 5.74) is 6.01. The second-order valence-electron chi connectivity index (χ2n) is 6.17. The zero-order valence-electron chi connectivity index (χ0n) is 13.4. The molecule has 0 bridgehead atoms. The van der Waals surface area contributed by atoms with Gasteiger partial charge in [-0.05, 0) is 50.9 Å². The van der Waals surface area contributed by atoms with Crippen molar-refractivity contribution in [1.29, 1.82) is 0 Å². The number of nitrogens with two attached hydrogens (primary N) is 1. The summed E-state index contributed by atoms with van der Waals surface area (Å²) in [5.74, 6) is 0.192. The third-order valence-corrected chi connectivity index (χ3v) is 4.75. The van der Waals surface area contributed by atoms with E-state index >= 15 is 0 Å². The summed E-state index contributed by atoms with van der Waals surface area (Å²) < 4.78 is 0. The van der Waals surface area contributed by atoms with Gasteiger partial charge in [0, 0.05) is 13.0 Å². The molecule has 0 atom stereocenters. The van der Waals surface area contributed by atoms with Crippen LogP contribution in [0.25, 0.3) is 0 Å². The van der Waals surface area contributed by atoms with Crippen LogP contribution in [0, 0.1) is 5.41 Å². The fraction of sp³-hybridized carbons (Fsp3) is 0.938. The van der Waals surface area contributed by atoms with Gasteiger partial charge in [-0.2, -0.15) is 0 Å². The van der Waals surface area contributed by atoms with Crippen molar-refractivity contribution in [1.82, 2.24) is 10.2 Å². The standard InChI is InChI=1S/C16H33N3O/c1-3-19(4-2)12-8-11-18-15(20)13-16(14-17)9-6-5-7-10-16/h3-14,17H2,1-2H3,(H,18,20). The van der Waals surface area contributed by atoms with Crippen molar-refractivity contribution in [2.75, 3.05) is 32.7 Å². The Kier molecular flexibility index (Phi) is 8.15. The number of carbonyl (C=O) groups is 1. The van der Waals surface area contributed by atoms with Gasteiger partial charge in [-0.1, -0.05) is 33.1 Å². The minimum absolute atomic E-state index is 0.0845. The Morgan fingerprint density at radius 1 is 1.20 bits per heavy atom. The molecule has 118 valence electrons. The monoisotopic (exact) mass is 283 g/mol. The highest BCUT2D eigenvalue weighted by atomic mass is 16.1. The molecule has 1 amide bonds. The van der Waals surface area contributed by atoms with Crippen LogP contribution in [-0.4, -0.2) is 43.5 Å². The van der Waals surface area contributed by atoms with Crippen molar-refractivity contribution < 1.29 is 4.79 Å². The Hall–Kier alpha value is -0.610. The molecular formula is C16H33N3O. The van der Waals surface area contributed by atoms with Crippen LogP contribution in [0.4, 0.5) is 0 Å². The Morgan fingerprint density at radius 3 is 2.40 bits per heavy atom. The van der Waals surface area contributed by atoms with E-state index in [1.807, 2.05) is 0 Å². The van der Waals surface area contributed by atoms with Gasteiger partial charge in [0.25, 0.3) is 0 Å². The fourth-order valence-corrected chi connectivity index (χ4v) is 3.23. The molecule has 4 heteroatoms. The van der Waals surface area contributed by atoms with Crippen LogP contribution in [0.3, 0.4) is 0 Å². The Morgan fingerprint density at radius 2 is 1.85 bits per heavy atom. The maximum absolute atomic E-state index is 12.1. The highest BCUT2D eigenvalue weighted by molar-refractivity contribution is 5.76. The van der Waals surface area contributed by atoms with Crippen LogP contribution in [0.2, 0.25) is 0 Å². The molecule has 0 spiro atoms. The first kappa shape index (κ1) is 17.4. The van der Waals surface area contributed by atoms with Gasteiger partial charge in [0.1, 0.15) is 0 Å². The summed E-state index contributed by atoms with van der Waals surface area (Å²) in [7, 11) is 0. The topological polar surface area (TPSA) is 58.4 Å². The number of nitrogens with one attached hydrogen (secondary N) is 1. The first-order valence-electron chi connectivity index (χ1n) is 8.35. The van der Waals surface area contributed by atoms with E-state index in [-0.39, 0.29) is 11.3 Å². The van der Waals surface area contributed by atoms with E-state index in [9.17, 15) is 4.79 Å². The van der Waals surface area contributed by atoms with Gasteiger partial charge in [0.15, 0.2) is 0 Å². The largest absolute Gasteiger partial charge is 0.356 e. The van der Waals surface area contributed by atoms with Crippen molar-refractivity contribution in [3.8, 4) is 0 Å². The molecule has 20 heavy (non-hydrogen) atoms. The van der Waals surface area contributed by atoms with Gasteiger partial charge in [0.2, 0.25) is 5.91 Å². The maximum Gasteiger partial charge on any atom is 0.220 e. The lowest BCUT2D eigenvalue weighted by atomic mass is 9.71. The minimum Gasteiger partial charge on any atom is -0.356 e. The molecule has 4 nitrogen and oxygen atoms in total. The first-order valence-corrected chi connectivity index (χ1v) is 8.35. The molecule has 1 saturated carbocycles. The highest BCUT2D eigenvalue weighted by Crippen LogP contribution is 2.38. The van der Waals surface area contributed by atoms with Gasteiger partial charge < -0.3 is 16.0 Å². The van der Waals surface area contributed by atoms with E-state index < -0.39 is 0 Å². The van der Waals surface area contributed by atoms with E-state index in [0.717, 1.165) is 45.4 Å². The summed E-state index contributed by atoms with van der Waals surface area (Å²) >= 11 is 0. The van der Waals surface area contributed by atoms with Crippen LogP contribution in [0.5, 0.6) is 0 Å². The van der Waals surface area contributed by atoms with Crippen molar-refractivity contribution in [2.45, 2.75) is 58.8 Å². The van der Waals surface area contributed by atoms with Crippen LogP contribution in [-0.2, 0) is 4.79 Å². The maximum atomic E-state index is 12.1. The molecule has 1 rings (SSSR count). The summed E-state index contributed by atoms with van der Waals surface area (Å²) in [6.07, 6.45) is 7.65. The summed E-state index contributed by atoms with van der Waals surface area (Å²) in [6.45, 7) is 9.03. The predicted octanol–water partition coefficient (Wildman–Crippen LogP) is 2.13. The molecule has 3 N–H and O–H groups in total. The molecule has 0 heterocycles. The SMILES string of the molecule is CCN(CC)CCCNC(=O)CC1(CN)CCCCC1. The average molecular weight is 283 g/mol.